The highest BCUT2D eigenvalue weighted by molar-refractivity contribution is 8.00. The largest absolute Gasteiger partial charge is 0.493 e. The topological polar surface area (TPSA) is 73.3 Å². The molecule has 3 rings (SSSR count). The number of methoxy groups -OCH3 is 2. The highest BCUT2D eigenvalue weighted by Gasteiger charge is 2.14. The summed E-state index contributed by atoms with van der Waals surface area (Å²) in [6, 6.07) is 10.3. The summed E-state index contributed by atoms with van der Waals surface area (Å²) in [5.74, 6) is 1.33. The lowest BCUT2D eigenvalue weighted by Gasteiger charge is -2.08. The molecule has 0 radical (unpaired) electrons. The number of ether oxygens (including phenoxy) is 2. The minimum absolute atomic E-state index is 0.311. The van der Waals surface area contributed by atoms with E-state index in [9.17, 15) is 4.79 Å². The second-order valence-electron chi connectivity index (χ2n) is 5.42. The minimum Gasteiger partial charge on any atom is -0.493 e. The van der Waals surface area contributed by atoms with Crippen LogP contribution in [-0.4, -0.2) is 30.3 Å². The van der Waals surface area contributed by atoms with Gasteiger partial charge in [0.05, 0.1) is 14.2 Å². The summed E-state index contributed by atoms with van der Waals surface area (Å²) >= 11 is 14.8. The quantitative estimate of drug-likeness (QED) is 0.379. The van der Waals surface area contributed by atoms with Crippen molar-refractivity contribution < 1.29 is 14.3 Å². The lowest BCUT2D eigenvalue weighted by molar-refractivity contribution is 0.102. The number of rotatable bonds is 7. The Morgan fingerprint density at radius 3 is 2.61 bits per heavy atom. The molecule has 1 heterocycles. The van der Waals surface area contributed by atoms with Crippen LogP contribution in [0.1, 0.15) is 15.9 Å². The van der Waals surface area contributed by atoms with E-state index in [0.717, 1.165) is 5.56 Å². The summed E-state index contributed by atoms with van der Waals surface area (Å²) in [4.78, 5) is 12.4. The van der Waals surface area contributed by atoms with Gasteiger partial charge >= 0.3 is 0 Å². The maximum Gasteiger partial charge on any atom is 0.257 e. The number of amides is 1. The molecule has 146 valence electrons. The molecule has 6 nitrogen and oxygen atoms in total. The number of hydrogen-bond acceptors (Lipinski definition) is 7. The average molecular weight is 456 g/mol. The van der Waals surface area contributed by atoms with E-state index in [-0.39, 0.29) is 5.91 Å². The molecule has 1 amide bonds. The summed E-state index contributed by atoms with van der Waals surface area (Å²) in [6.07, 6.45) is 0. The summed E-state index contributed by atoms with van der Waals surface area (Å²) in [5.41, 5.74) is 1.37. The number of halogens is 2. The molecular weight excluding hydrogens is 441 g/mol. The third kappa shape index (κ3) is 5.08. The molecule has 2 aromatic carbocycles. The Morgan fingerprint density at radius 1 is 1.11 bits per heavy atom. The molecule has 0 aliphatic rings. The monoisotopic (exact) mass is 455 g/mol. The van der Waals surface area contributed by atoms with E-state index < -0.39 is 0 Å². The fraction of sp³-hybridized carbons (Fsp3) is 0.167. The van der Waals surface area contributed by atoms with Crippen molar-refractivity contribution in [3.05, 3.63) is 57.6 Å². The van der Waals surface area contributed by atoms with Crippen LogP contribution in [0.4, 0.5) is 5.13 Å². The molecule has 0 aliphatic heterocycles. The third-order valence-electron chi connectivity index (χ3n) is 3.64. The zero-order valence-electron chi connectivity index (χ0n) is 14.9. The first-order chi connectivity index (χ1) is 13.5. The average Bonchev–Trinajstić information content (AvgIpc) is 3.14. The van der Waals surface area contributed by atoms with Gasteiger partial charge in [0.25, 0.3) is 5.91 Å². The maximum absolute atomic E-state index is 12.4. The molecule has 0 saturated carbocycles. The van der Waals surface area contributed by atoms with E-state index in [0.29, 0.717) is 42.3 Å². The van der Waals surface area contributed by atoms with Gasteiger partial charge < -0.3 is 9.47 Å². The molecule has 1 aromatic heterocycles. The second-order valence-corrected chi connectivity index (χ2v) is 8.47. The first-order valence-electron chi connectivity index (χ1n) is 7.93. The van der Waals surface area contributed by atoms with E-state index in [4.69, 9.17) is 32.7 Å². The highest BCUT2D eigenvalue weighted by atomic mass is 35.5. The predicted octanol–water partition coefficient (Wildman–Crippen LogP) is 5.41. The number of carbonyl (C=O) groups is 1. The van der Waals surface area contributed by atoms with Crippen LogP contribution in [0.25, 0.3) is 0 Å². The first kappa shape index (κ1) is 20.7. The van der Waals surface area contributed by atoms with Gasteiger partial charge in [0, 0.05) is 21.4 Å². The van der Waals surface area contributed by atoms with Crippen LogP contribution >= 0.6 is 46.3 Å². The van der Waals surface area contributed by atoms with Crippen molar-refractivity contribution in [2.75, 3.05) is 19.5 Å². The standard InChI is InChI=1S/C18H15Cl2N3O3S2/c1-25-14-6-4-10(7-15(14)26-2)16(24)21-17-22-23-18(28-17)27-9-11-3-5-12(19)8-13(11)20/h3-8H,9H2,1-2H3,(H,21,22,24). The van der Waals surface area contributed by atoms with E-state index >= 15 is 0 Å². The Labute approximate surface area is 180 Å². The molecule has 3 aromatic rings. The van der Waals surface area contributed by atoms with Crippen molar-refractivity contribution in [2.45, 2.75) is 10.1 Å². The SMILES string of the molecule is COc1ccc(C(=O)Nc2nnc(SCc3ccc(Cl)cc3Cl)s2)cc1OC. The molecule has 10 heteroatoms. The van der Waals surface area contributed by atoms with E-state index in [1.165, 1.54) is 37.3 Å². The Balaban J connectivity index is 1.63. The molecule has 0 atom stereocenters. The van der Waals surface area contributed by atoms with Crippen molar-refractivity contribution in [3.8, 4) is 11.5 Å². The Kier molecular flexibility index (Phi) is 7.01. The number of nitrogens with zero attached hydrogens (tertiary/aromatic N) is 2. The van der Waals surface area contributed by atoms with Crippen molar-refractivity contribution in [1.29, 1.82) is 0 Å². The van der Waals surface area contributed by atoms with Crippen LogP contribution in [0.3, 0.4) is 0 Å². The van der Waals surface area contributed by atoms with Gasteiger partial charge in [0.15, 0.2) is 15.8 Å². The van der Waals surface area contributed by atoms with Gasteiger partial charge in [0.1, 0.15) is 0 Å². The second kappa shape index (κ2) is 9.47. The Hall–Kier alpha value is -2.00. The fourth-order valence-corrected chi connectivity index (χ4v) is 4.55. The number of nitrogens with one attached hydrogen (secondary N) is 1. The van der Waals surface area contributed by atoms with Gasteiger partial charge in [-0.2, -0.15) is 0 Å². The van der Waals surface area contributed by atoms with Crippen LogP contribution < -0.4 is 14.8 Å². The maximum atomic E-state index is 12.4. The number of carbonyl (C=O) groups excluding carboxylic acids is 1. The van der Waals surface area contributed by atoms with Gasteiger partial charge in [-0.25, -0.2) is 0 Å². The molecular formula is C18H15Cl2N3O3S2. The highest BCUT2D eigenvalue weighted by Crippen LogP contribution is 2.32. The van der Waals surface area contributed by atoms with Gasteiger partial charge in [-0.1, -0.05) is 52.4 Å². The molecule has 1 N–H and O–H groups in total. The summed E-state index contributed by atoms with van der Waals surface area (Å²) in [5, 5.41) is 12.4. The fourth-order valence-electron chi connectivity index (χ4n) is 2.24. The number of anilines is 1. The zero-order valence-corrected chi connectivity index (χ0v) is 18.0. The van der Waals surface area contributed by atoms with Crippen molar-refractivity contribution >= 4 is 57.3 Å². The van der Waals surface area contributed by atoms with E-state index in [2.05, 4.69) is 15.5 Å². The lowest BCUT2D eigenvalue weighted by atomic mass is 10.2. The van der Waals surface area contributed by atoms with Crippen LogP contribution in [-0.2, 0) is 5.75 Å². The third-order valence-corrected chi connectivity index (χ3v) is 6.25. The molecule has 0 saturated heterocycles. The van der Waals surface area contributed by atoms with Gasteiger partial charge in [-0.05, 0) is 35.9 Å². The van der Waals surface area contributed by atoms with Gasteiger partial charge in [-0.3, -0.25) is 10.1 Å². The predicted molar refractivity (Wildman–Crippen MR) is 113 cm³/mol. The van der Waals surface area contributed by atoms with Crippen molar-refractivity contribution in [2.24, 2.45) is 0 Å². The van der Waals surface area contributed by atoms with Gasteiger partial charge in [-0.15, -0.1) is 10.2 Å². The normalized spacial score (nSPS) is 10.6. The molecule has 28 heavy (non-hydrogen) atoms. The van der Waals surface area contributed by atoms with Crippen molar-refractivity contribution in [3.63, 3.8) is 0 Å². The van der Waals surface area contributed by atoms with Crippen LogP contribution in [0, 0.1) is 0 Å². The van der Waals surface area contributed by atoms with Gasteiger partial charge in [0.2, 0.25) is 5.13 Å². The first-order valence-corrected chi connectivity index (χ1v) is 10.5. The lowest BCUT2D eigenvalue weighted by Crippen LogP contribution is -2.11. The van der Waals surface area contributed by atoms with Crippen LogP contribution in [0.2, 0.25) is 10.0 Å². The molecule has 0 fully saturated rings. The van der Waals surface area contributed by atoms with Crippen molar-refractivity contribution in [1.82, 2.24) is 10.2 Å². The van der Waals surface area contributed by atoms with Crippen LogP contribution in [0.5, 0.6) is 11.5 Å². The Bertz CT molecular complexity index is 998. The molecule has 0 spiro atoms. The minimum atomic E-state index is -0.311. The van der Waals surface area contributed by atoms with E-state index in [1.807, 2.05) is 6.07 Å². The number of thioether (sulfide) groups is 1. The molecule has 0 aliphatic carbocycles. The number of benzene rings is 2. The summed E-state index contributed by atoms with van der Waals surface area (Å²) in [6.45, 7) is 0. The van der Waals surface area contributed by atoms with E-state index in [1.54, 1.807) is 30.3 Å². The number of aromatic nitrogens is 2. The summed E-state index contributed by atoms with van der Waals surface area (Å²) < 4.78 is 11.1. The smallest absolute Gasteiger partial charge is 0.257 e. The molecule has 0 bridgehead atoms. The molecule has 0 unspecified atom stereocenters. The number of hydrogen-bond donors (Lipinski definition) is 1. The summed E-state index contributed by atoms with van der Waals surface area (Å²) in [7, 11) is 3.05. The van der Waals surface area contributed by atoms with Crippen LogP contribution in [0.15, 0.2) is 40.7 Å². The Morgan fingerprint density at radius 2 is 1.89 bits per heavy atom. The zero-order chi connectivity index (χ0) is 20.1.